The number of hydrogen-bond donors (Lipinski definition) is 0. The van der Waals surface area contributed by atoms with Crippen molar-refractivity contribution in [3.05, 3.63) is 78.0 Å². The second-order valence-corrected chi connectivity index (χ2v) is 8.21. The summed E-state index contributed by atoms with van der Waals surface area (Å²) in [5, 5.41) is 5.40. The number of hydrogen-bond acceptors (Lipinski definition) is 1. The van der Waals surface area contributed by atoms with E-state index in [4.69, 9.17) is 0 Å². The molecule has 0 saturated carbocycles. The van der Waals surface area contributed by atoms with Gasteiger partial charge in [0.05, 0.1) is 5.39 Å². The van der Waals surface area contributed by atoms with Crippen molar-refractivity contribution in [2.24, 2.45) is 7.05 Å². The molecular weight excluding hydrogens is 334 g/mol. The van der Waals surface area contributed by atoms with Crippen LogP contribution in [0.2, 0.25) is 0 Å². The summed E-state index contributed by atoms with van der Waals surface area (Å²) in [5.74, 6) is 0. The molecule has 0 fully saturated rings. The summed E-state index contributed by atoms with van der Waals surface area (Å²) < 4.78 is 4.98. The minimum absolute atomic E-state index is 1.27. The first-order chi connectivity index (χ1) is 12.6. The molecule has 26 heavy (non-hydrogen) atoms. The molecule has 0 aliphatic heterocycles. The molecule has 0 saturated heterocycles. The average Bonchev–Trinajstić information content (AvgIpc) is 2.99. The number of pyridine rings is 1. The van der Waals surface area contributed by atoms with Crippen LogP contribution in [0.1, 0.15) is 11.1 Å². The van der Waals surface area contributed by atoms with Crippen LogP contribution in [0, 0.1) is 13.8 Å². The van der Waals surface area contributed by atoms with E-state index in [1.807, 2.05) is 11.3 Å². The predicted octanol–water partition coefficient (Wildman–Crippen LogP) is 6.32. The number of fused-ring (bicyclic) bond motifs is 5. The highest BCUT2D eigenvalue weighted by Gasteiger charge is 2.18. The molecular formula is C24H20NS+. The van der Waals surface area contributed by atoms with Gasteiger partial charge in [0.25, 0.3) is 0 Å². The molecule has 1 nitrogen and oxygen atoms in total. The van der Waals surface area contributed by atoms with Gasteiger partial charge in [-0.15, -0.1) is 11.3 Å². The molecule has 0 bridgehead atoms. The van der Waals surface area contributed by atoms with E-state index in [0.29, 0.717) is 0 Å². The normalized spacial score (nSPS) is 11.7. The van der Waals surface area contributed by atoms with Crippen molar-refractivity contribution < 1.29 is 4.57 Å². The molecule has 0 radical (unpaired) electrons. The van der Waals surface area contributed by atoms with Gasteiger partial charge < -0.3 is 0 Å². The van der Waals surface area contributed by atoms with Crippen molar-refractivity contribution in [2.75, 3.05) is 0 Å². The maximum atomic E-state index is 2.35. The molecule has 0 aliphatic carbocycles. The van der Waals surface area contributed by atoms with Crippen LogP contribution in [0.5, 0.6) is 0 Å². The lowest BCUT2D eigenvalue weighted by Crippen LogP contribution is -2.30. The first-order valence-electron chi connectivity index (χ1n) is 8.93. The average molecular weight is 354 g/mol. The fraction of sp³-hybridized carbons (Fsp3) is 0.125. The summed E-state index contributed by atoms with van der Waals surface area (Å²) in [4.78, 5) is 0. The SMILES string of the molecule is Cc1ccc2c(ccc3sc4cc(-c5ccccc5C)[n+](C)cc4c32)c1. The van der Waals surface area contributed by atoms with Crippen LogP contribution in [0.3, 0.4) is 0 Å². The monoisotopic (exact) mass is 354 g/mol. The number of thiophene rings is 1. The van der Waals surface area contributed by atoms with E-state index in [2.05, 4.69) is 92.3 Å². The number of aryl methyl sites for hydroxylation is 3. The lowest BCUT2D eigenvalue weighted by molar-refractivity contribution is -0.659. The lowest BCUT2D eigenvalue weighted by atomic mass is 10.0. The zero-order valence-electron chi connectivity index (χ0n) is 15.2. The third-order valence-electron chi connectivity index (χ3n) is 5.28. The van der Waals surface area contributed by atoms with E-state index in [-0.39, 0.29) is 0 Å². The Kier molecular flexibility index (Phi) is 3.38. The summed E-state index contributed by atoms with van der Waals surface area (Å²) in [6, 6.07) is 22.3. The van der Waals surface area contributed by atoms with Crippen molar-refractivity contribution in [1.29, 1.82) is 0 Å². The summed E-state index contributed by atoms with van der Waals surface area (Å²) in [6.45, 7) is 4.34. The Morgan fingerprint density at radius 1 is 0.808 bits per heavy atom. The second kappa shape index (κ2) is 5.65. The van der Waals surface area contributed by atoms with Gasteiger partial charge in [0.15, 0.2) is 6.20 Å². The number of benzene rings is 3. The predicted molar refractivity (Wildman–Crippen MR) is 113 cm³/mol. The van der Waals surface area contributed by atoms with Gasteiger partial charge in [0, 0.05) is 26.4 Å². The molecule has 2 aromatic heterocycles. The van der Waals surface area contributed by atoms with Crippen LogP contribution in [-0.4, -0.2) is 0 Å². The van der Waals surface area contributed by atoms with Crippen molar-refractivity contribution in [2.45, 2.75) is 13.8 Å². The van der Waals surface area contributed by atoms with Crippen LogP contribution in [0.15, 0.2) is 66.9 Å². The van der Waals surface area contributed by atoms with Crippen LogP contribution in [0.4, 0.5) is 0 Å². The highest BCUT2D eigenvalue weighted by atomic mass is 32.1. The molecule has 0 atom stereocenters. The topological polar surface area (TPSA) is 3.88 Å². The van der Waals surface area contributed by atoms with Crippen LogP contribution in [-0.2, 0) is 7.05 Å². The largest absolute Gasteiger partial charge is 0.213 e. The first-order valence-corrected chi connectivity index (χ1v) is 9.75. The van der Waals surface area contributed by atoms with Gasteiger partial charge in [-0.25, -0.2) is 4.57 Å². The maximum Gasteiger partial charge on any atom is 0.213 e. The molecule has 2 heteroatoms. The van der Waals surface area contributed by atoms with E-state index in [0.717, 1.165) is 0 Å². The third kappa shape index (κ3) is 2.26. The van der Waals surface area contributed by atoms with Gasteiger partial charge in [-0.05, 0) is 42.3 Å². The zero-order valence-corrected chi connectivity index (χ0v) is 16.0. The van der Waals surface area contributed by atoms with E-state index in [1.165, 1.54) is 53.3 Å². The van der Waals surface area contributed by atoms with Gasteiger partial charge in [-0.2, -0.15) is 0 Å². The van der Waals surface area contributed by atoms with Gasteiger partial charge in [0.1, 0.15) is 7.05 Å². The maximum absolute atomic E-state index is 2.35. The molecule has 0 spiro atoms. The quantitative estimate of drug-likeness (QED) is 0.310. The highest BCUT2D eigenvalue weighted by Crippen LogP contribution is 2.39. The Hall–Kier alpha value is -2.71. The fourth-order valence-corrected chi connectivity index (χ4v) is 5.07. The number of nitrogens with zero attached hydrogens (tertiary/aromatic N) is 1. The van der Waals surface area contributed by atoms with Gasteiger partial charge in [-0.3, -0.25) is 0 Å². The fourth-order valence-electron chi connectivity index (χ4n) is 3.94. The molecule has 126 valence electrons. The Bertz CT molecular complexity index is 1310. The second-order valence-electron chi connectivity index (χ2n) is 7.13. The van der Waals surface area contributed by atoms with Crippen molar-refractivity contribution in [3.63, 3.8) is 0 Å². The van der Waals surface area contributed by atoms with Crippen molar-refractivity contribution in [3.8, 4) is 11.3 Å². The van der Waals surface area contributed by atoms with Gasteiger partial charge in [0.2, 0.25) is 5.69 Å². The molecule has 0 N–H and O–H groups in total. The summed E-state index contributed by atoms with van der Waals surface area (Å²) >= 11 is 1.89. The molecule has 5 rings (SSSR count). The Morgan fingerprint density at radius 3 is 2.50 bits per heavy atom. The summed E-state index contributed by atoms with van der Waals surface area (Å²) in [7, 11) is 2.15. The standard InChI is InChI=1S/C24H20NS/c1-15-8-10-19-17(12-15)9-11-22-24(19)20-14-25(3)21(13-23(20)26-22)18-7-5-4-6-16(18)2/h4-14H,1-3H3/q+1. The third-order valence-corrected chi connectivity index (χ3v) is 6.40. The van der Waals surface area contributed by atoms with E-state index >= 15 is 0 Å². The van der Waals surface area contributed by atoms with Crippen molar-refractivity contribution in [1.82, 2.24) is 0 Å². The Labute approximate surface area is 157 Å². The molecule has 0 amide bonds. The van der Waals surface area contributed by atoms with E-state index < -0.39 is 0 Å². The lowest BCUT2D eigenvalue weighted by Gasteiger charge is -2.05. The molecule has 0 unspecified atom stereocenters. The number of aromatic nitrogens is 1. The molecule has 2 heterocycles. The van der Waals surface area contributed by atoms with Crippen LogP contribution >= 0.6 is 11.3 Å². The van der Waals surface area contributed by atoms with Crippen LogP contribution < -0.4 is 4.57 Å². The van der Waals surface area contributed by atoms with Gasteiger partial charge in [-0.1, -0.05) is 48.0 Å². The summed E-state index contributed by atoms with van der Waals surface area (Å²) in [6.07, 6.45) is 2.30. The Balaban J connectivity index is 1.87. The smallest absolute Gasteiger partial charge is 0.200 e. The molecule has 3 aromatic carbocycles. The number of rotatable bonds is 1. The zero-order chi connectivity index (χ0) is 17.8. The molecule has 5 aromatic rings. The summed E-state index contributed by atoms with van der Waals surface area (Å²) in [5.41, 5.74) is 5.19. The highest BCUT2D eigenvalue weighted by molar-refractivity contribution is 7.26. The Morgan fingerprint density at radius 2 is 1.65 bits per heavy atom. The van der Waals surface area contributed by atoms with Crippen molar-refractivity contribution >= 4 is 42.3 Å². The molecule has 0 aliphatic rings. The first kappa shape index (κ1) is 15.5. The van der Waals surface area contributed by atoms with E-state index in [1.54, 1.807) is 0 Å². The van der Waals surface area contributed by atoms with Crippen LogP contribution in [0.25, 0.3) is 42.2 Å². The van der Waals surface area contributed by atoms with E-state index in [9.17, 15) is 0 Å². The minimum atomic E-state index is 1.27. The minimum Gasteiger partial charge on any atom is -0.200 e. The van der Waals surface area contributed by atoms with Gasteiger partial charge >= 0.3 is 0 Å².